The summed E-state index contributed by atoms with van der Waals surface area (Å²) in [5.41, 5.74) is 2.53. The molecule has 13 heteroatoms. The molecule has 2 aliphatic carbocycles. The molecule has 3 fully saturated rings. The van der Waals surface area contributed by atoms with Crippen molar-refractivity contribution in [2.24, 2.45) is 35.5 Å². The van der Waals surface area contributed by atoms with Crippen LogP contribution in [-0.2, 0) is 19.2 Å². The summed E-state index contributed by atoms with van der Waals surface area (Å²) in [5, 5.41) is 13.7. The van der Waals surface area contributed by atoms with E-state index in [0.717, 1.165) is 37.3 Å². The first kappa shape index (κ1) is 33.4. The van der Waals surface area contributed by atoms with Crippen LogP contribution >= 0.6 is 23.1 Å². The second-order valence-electron chi connectivity index (χ2n) is 13.8. The van der Waals surface area contributed by atoms with Crippen LogP contribution in [0.2, 0.25) is 0 Å². The molecule has 11 nitrogen and oxygen atoms in total. The summed E-state index contributed by atoms with van der Waals surface area (Å²) in [6.45, 7) is 7.66. The average molecular weight is 706 g/mol. The first-order chi connectivity index (χ1) is 23.5. The zero-order valence-corrected chi connectivity index (χ0v) is 29.3. The molecule has 3 aromatic rings. The minimum atomic E-state index is -1.19. The maximum atomic E-state index is 14.0. The van der Waals surface area contributed by atoms with Crippen molar-refractivity contribution in [1.82, 2.24) is 9.88 Å². The molecule has 2 bridgehead atoms. The highest BCUT2D eigenvalue weighted by atomic mass is 32.2. The van der Waals surface area contributed by atoms with Gasteiger partial charge in [-0.1, -0.05) is 49.4 Å². The van der Waals surface area contributed by atoms with Crippen LogP contribution in [0.3, 0.4) is 0 Å². The van der Waals surface area contributed by atoms with Gasteiger partial charge in [-0.15, -0.1) is 11.8 Å². The van der Waals surface area contributed by atoms with Gasteiger partial charge in [0.25, 0.3) is 5.91 Å². The summed E-state index contributed by atoms with van der Waals surface area (Å²) < 4.78 is 12.0. The van der Waals surface area contributed by atoms with Crippen LogP contribution in [-0.4, -0.2) is 63.2 Å². The van der Waals surface area contributed by atoms with Gasteiger partial charge in [0.05, 0.1) is 23.5 Å². The Morgan fingerprint density at radius 1 is 1.04 bits per heavy atom. The summed E-state index contributed by atoms with van der Waals surface area (Å²) in [6.07, 6.45) is 0.891. The second-order valence-corrected chi connectivity index (χ2v) is 16.0. The van der Waals surface area contributed by atoms with Crippen LogP contribution in [0.1, 0.15) is 55.5 Å². The van der Waals surface area contributed by atoms with Gasteiger partial charge in [-0.2, -0.15) is 0 Å². The van der Waals surface area contributed by atoms with E-state index < -0.39 is 23.8 Å². The summed E-state index contributed by atoms with van der Waals surface area (Å²) in [4.78, 5) is 70.5. The Kier molecular flexibility index (Phi) is 8.85. The lowest BCUT2D eigenvalue weighted by Gasteiger charge is -2.43. The number of nitrogens with zero attached hydrogens (tertiary/aromatic N) is 1. The predicted octanol–water partition coefficient (Wildman–Crippen LogP) is 5.13. The molecule has 7 unspecified atom stereocenters. The number of hydrogen-bond donors (Lipinski definition) is 3. The number of hydrogen-bond acceptors (Lipinski definition) is 9. The van der Waals surface area contributed by atoms with Crippen LogP contribution in [0.15, 0.2) is 52.3 Å². The number of thioether (sulfide) groups is 1. The van der Waals surface area contributed by atoms with Crippen LogP contribution < -0.4 is 19.7 Å². The fourth-order valence-electron chi connectivity index (χ4n) is 8.63. The number of H-pyrrole nitrogens is 1. The van der Waals surface area contributed by atoms with E-state index in [9.17, 15) is 29.1 Å². The van der Waals surface area contributed by atoms with Crippen molar-refractivity contribution in [1.29, 1.82) is 0 Å². The van der Waals surface area contributed by atoms with Gasteiger partial charge in [0, 0.05) is 21.7 Å². The van der Waals surface area contributed by atoms with Crippen LogP contribution in [0.5, 0.6) is 11.5 Å². The number of aliphatic carboxylic acids is 1. The van der Waals surface area contributed by atoms with Crippen molar-refractivity contribution < 1.29 is 33.8 Å². The number of carbonyl (C=O) groups is 4. The van der Waals surface area contributed by atoms with E-state index in [0.29, 0.717) is 30.2 Å². The standard InChI is InChI=1S/C36H39N3O8S2/c1-5-46-24-13-18(10-11-23(24)47-15-25(40)37-21-9-7-6-8-17(21)4)26-27-19-14-20(30(27)48-32-31(26)49-36(45)38-32)29-28(19)33(41)39(34(29)42)22(35(43)44)12-16(2)3/h6-11,13,16,19-20,22,26-30H,5,12,14-15H2,1-4H3,(H,37,40)(H,38,45)(H,43,44)/t19?,20?,22?,26-,27?,28?,29?,30?/m1/s1. The molecule has 3 amide bonds. The Morgan fingerprint density at radius 2 is 1.78 bits per heavy atom. The molecule has 8 atom stereocenters. The van der Waals surface area contributed by atoms with E-state index in [4.69, 9.17) is 9.47 Å². The van der Waals surface area contributed by atoms with Gasteiger partial charge >= 0.3 is 10.8 Å². The number of carboxylic acids is 1. The van der Waals surface area contributed by atoms with E-state index >= 15 is 0 Å². The molecule has 0 spiro atoms. The quantitative estimate of drug-likeness (QED) is 0.230. The number of carboxylic acid groups (broad SMARTS) is 1. The fraction of sp³-hybridized carbons (Fsp3) is 0.472. The van der Waals surface area contributed by atoms with Crippen LogP contribution in [0.25, 0.3) is 0 Å². The zero-order valence-electron chi connectivity index (χ0n) is 27.6. The minimum Gasteiger partial charge on any atom is -0.490 e. The smallest absolute Gasteiger partial charge is 0.326 e. The molecular weight excluding hydrogens is 667 g/mol. The van der Waals surface area contributed by atoms with E-state index in [1.807, 2.05) is 64.1 Å². The molecule has 2 aliphatic heterocycles. The summed E-state index contributed by atoms with van der Waals surface area (Å²) in [6, 6.07) is 11.9. The molecule has 2 saturated carbocycles. The van der Waals surface area contributed by atoms with Gasteiger partial charge < -0.3 is 24.9 Å². The molecular formula is C36H39N3O8S2. The number of aromatic nitrogens is 1. The van der Waals surface area contributed by atoms with E-state index in [2.05, 4.69) is 10.3 Å². The van der Waals surface area contributed by atoms with Gasteiger partial charge in [-0.3, -0.25) is 24.1 Å². The number of benzene rings is 2. The van der Waals surface area contributed by atoms with Gasteiger partial charge in [0.2, 0.25) is 11.8 Å². The molecule has 2 aromatic carbocycles. The highest BCUT2D eigenvalue weighted by Crippen LogP contribution is 2.68. The number of imide groups is 1. The Bertz CT molecular complexity index is 1890. The number of rotatable bonds is 11. The number of nitrogens with one attached hydrogen (secondary N) is 2. The number of thiazole rings is 1. The average Bonchev–Trinajstić information content (AvgIpc) is 3.79. The Hall–Kier alpha value is -4.10. The van der Waals surface area contributed by atoms with Crippen molar-refractivity contribution in [2.45, 2.75) is 62.8 Å². The number of aryl methyl sites for hydroxylation is 1. The molecule has 4 aliphatic rings. The number of amides is 3. The Morgan fingerprint density at radius 3 is 2.47 bits per heavy atom. The Labute approximate surface area is 291 Å². The molecule has 49 heavy (non-hydrogen) atoms. The van der Waals surface area contributed by atoms with Crippen molar-refractivity contribution in [2.75, 3.05) is 18.5 Å². The molecule has 3 N–H and O–H groups in total. The van der Waals surface area contributed by atoms with Crippen molar-refractivity contribution >= 4 is 52.5 Å². The van der Waals surface area contributed by atoms with Crippen molar-refractivity contribution in [3.63, 3.8) is 0 Å². The molecule has 7 rings (SSSR count). The third-order valence-corrected chi connectivity index (χ3v) is 13.0. The first-order valence-corrected chi connectivity index (χ1v) is 18.4. The number of ether oxygens (including phenoxy) is 2. The molecule has 3 heterocycles. The summed E-state index contributed by atoms with van der Waals surface area (Å²) in [7, 11) is 0. The number of likely N-dealkylation sites (tertiary alicyclic amines) is 1. The van der Waals surface area contributed by atoms with Crippen LogP contribution in [0.4, 0.5) is 5.69 Å². The number of anilines is 1. The third-order valence-electron chi connectivity index (χ3n) is 10.5. The van der Waals surface area contributed by atoms with E-state index in [-0.39, 0.29) is 70.5 Å². The maximum absolute atomic E-state index is 14.0. The monoisotopic (exact) mass is 705 g/mol. The van der Waals surface area contributed by atoms with Crippen LogP contribution in [0, 0.1) is 42.4 Å². The van der Waals surface area contributed by atoms with Gasteiger partial charge in [0.1, 0.15) is 6.04 Å². The van der Waals surface area contributed by atoms with Crippen molar-refractivity contribution in [3.05, 3.63) is 68.1 Å². The normalized spacial score (nSPS) is 27.1. The lowest BCUT2D eigenvalue weighted by molar-refractivity contribution is -0.156. The number of carbonyl (C=O) groups excluding carboxylic acids is 3. The summed E-state index contributed by atoms with van der Waals surface area (Å²) in [5.74, 6) is -3.14. The zero-order chi connectivity index (χ0) is 34.7. The second kappa shape index (κ2) is 13.0. The molecule has 0 radical (unpaired) electrons. The van der Waals surface area contributed by atoms with Crippen molar-refractivity contribution in [3.8, 4) is 11.5 Å². The Balaban J connectivity index is 1.19. The lowest BCUT2D eigenvalue weighted by atomic mass is 9.68. The number of para-hydroxylation sites is 1. The third kappa shape index (κ3) is 5.74. The van der Waals surface area contributed by atoms with Gasteiger partial charge in [-0.05, 0) is 79.7 Å². The van der Waals surface area contributed by atoms with Gasteiger partial charge in [-0.25, -0.2) is 4.79 Å². The predicted molar refractivity (Wildman–Crippen MR) is 184 cm³/mol. The number of aromatic amines is 1. The number of fused-ring (bicyclic) bond motifs is 9. The van der Waals surface area contributed by atoms with E-state index in [1.165, 1.54) is 0 Å². The maximum Gasteiger partial charge on any atom is 0.326 e. The molecule has 1 saturated heterocycles. The highest BCUT2D eigenvalue weighted by Gasteiger charge is 2.70. The first-order valence-electron chi connectivity index (χ1n) is 16.7. The lowest BCUT2D eigenvalue weighted by Crippen LogP contribution is -2.47. The largest absolute Gasteiger partial charge is 0.490 e. The van der Waals surface area contributed by atoms with E-state index in [1.54, 1.807) is 17.8 Å². The minimum absolute atomic E-state index is 0.0110. The highest BCUT2D eigenvalue weighted by molar-refractivity contribution is 8.00. The fourth-order valence-corrected chi connectivity index (χ4v) is 11.5. The SMILES string of the molecule is CCOc1cc([C@H]2c3sc(=O)[nH]c3SC3C4CC(C5C(=O)N(C(CC(C)C)C(=O)O)C(=O)C45)C32)ccc1OCC(=O)Nc1ccccc1C. The molecule has 258 valence electrons. The van der Waals surface area contributed by atoms with Gasteiger partial charge in [0.15, 0.2) is 18.1 Å². The topological polar surface area (TPSA) is 155 Å². The summed E-state index contributed by atoms with van der Waals surface area (Å²) >= 11 is 2.73. The molecule has 1 aromatic heterocycles.